The molecule has 162 valence electrons. The third-order valence-corrected chi connectivity index (χ3v) is 6.23. The van der Waals surface area contributed by atoms with Gasteiger partial charge < -0.3 is 14.5 Å². The summed E-state index contributed by atoms with van der Waals surface area (Å²) in [6, 6.07) is 17.9. The van der Waals surface area contributed by atoms with Crippen molar-refractivity contribution in [1.29, 1.82) is 0 Å². The van der Waals surface area contributed by atoms with Crippen LogP contribution in [0.15, 0.2) is 64.5 Å². The van der Waals surface area contributed by atoms with E-state index in [2.05, 4.69) is 15.2 Å². The van der Waals surface area contributed by atoms with E-state index in [0.29, 0.717) is 29.3 Å². The van der Waals surface area contributed by atoms with Gasteiger partial charge in [0.1, 0.15) is 0 Å². The van der Waals surface area contributed by atoms with E-state index in [1.165, 1.54) is 11.8 Å². The van der Waals surface area contributed by atoms with Gasteiger partial charge in [-0.2, -0.15) is 5.10 Å². The van der Waals surface area contributed by atoms with Crippen molar-refractivity contribution in [3.63, 3.8) is 0 Å². The van der Waals surface area contributed by atoms with E-state index in [4.69, 9.17) is 14.5 Å². The molecule has 4 aromatic rings. The molecule has 0 radical (unpaired) electrons. The molecule has 0 unspecified atom stereocenters. The minimum absolute atomic E-state index is 0.0877. The Morgan fingerprint density at radius 1 is 1.06 bits per heavy atom. The number of nitrogens with zero attached hydrogens (tertiary/aromatic N) is 2. The van der Waals surface area contributed by atoms with E-state index in [1.807, 2.05) is 61.5 Å². The van der Waals surface area contributed by atoms with E-state index >= 15 is 0 Å². The number of fused-ring (bicyclic) bond motifs is 1. The van der Waals surface area contributed by atoms with Crippen LogP contribution in [0.1, 0.15) is 29.4 Å². The van der Waals surface area contributed by atoms with Gasteiger partial charge in [-0.05, 0) is 30.2 Å². The number of hydrogen-bond acceptors (Lipinski definition) is 6. The number of H-pyrrole nitrogens is 2. The Hall–Kier alpha value is -3.52. The van der Waals surface area contributed by atoms with Crippen LogP contribution in [0.3, 0.4) is 0 Å². The fraction of sp³-hybridized carbons (Fsp3) is 0.208. The van der Waals surface area contributed by atoms with Crippen molar-refractivity contribution >= 4 is 11.8 Å². The third-order valence-electron chi connectivity index (χ3n) is 5.31. The topological polar surface area (TPSA) is 92.9 Å². The van der Waals surface area contributed by atoms with Crippen molar-refractivity contribution < 1.29 is 9.47 Å². The van der Waals surface area contributed by atoms with Gasteiger partial charge in [0.25, 0.3) is 5.56 Å². The lowest BCUT2D eigenvalue weighted by Gasteiger charge is -2.09. The molecule has 8 heteroatoms. The standard InChI is InChI=1S/C24H22N4O3S/c1-2-18-20(10-15-8-9-21-22(11-15)31-14-30-21)25-24(26-23(18)29)32-13-17-12-19(28-27-17)16-6-4-3-5-7-16/h3-9,11-12H,2,10,13-14H2,1H3,(H,27,28)(H,25,26,29). The van der Waals surface area contributed by atoms with Gasteiger partial charge in [0, 0.05) is 29.0 Å². The molecule has 0 saturated heterocycles. The molecule has 0 fully saturated rings. The third kappa shape index (κ3) is 4.27. The monoisotopic (exact) mass is 446 g/mol. The molecule has 0 amide bonds. The van der Waals surface area contributed by atoms with Crippen LogP contribution < -0.4 is 15.0 Å². The van der Waals surface area contributed by atoms with Crippen LogP contribution in [0, 0.1) is 0 Å². The first-order valence-electron chi connectivity index (χ1n) is 10.4. The lowest BCUT2D eigenvalue weighted by molar-refractivity contribution is 0.174. The molecule has 0 saturated carbocycles. The van der Waals surface area contributed by atoms with Gasteiger partial charge in [0.05, 0.1) is 11.4 Å². The Labute approximate surface area is 189 Å². The maximum atomic E-state index is 12.7. The lowest BCUT2D eigenvalue weighted by atomic mass is 10.0. The highest BCUT2D eigenvalue weighted by atomic mass is 32.2. The second-order valence-electron chi connectivity index (χ2n) is 7.45. The van der Waals surface area contributed by atoms with Gasteiger partial charge >= 0.3 is 0 Å². The first-order valence-corrected chi connectivity index (χ1v) is 11.4. The van der Waals surface area contributed by atoms with Crippen LogP contribution in [-0.2, 0) is 18.6 Å². The van der Waals surface area contributed by atoms with E-state index < -0.39 is 0 Å². The fourth-order valence-electron chi connectivity index (χ4n) is 3.68. The summed E-state index contributed by atoms with van der Waals surface area (Å²) in [5.74, 6) is 2.10. The SMILES string of the molecule is CCc1c(Cc2ccc3c(c2)OCO3)nc(SCc2cc(-c3ccccc3)n[nH]2)[nH]c1=O. The van der Waals surface area contributed by atoms with Gasteiger partial charge in [-0.25, -0.2) is 4.98 Å². The molecule has 1 aliphatic rings. The Morgan fingerprint density at radius 2 is 1.91 bits per heavy atom. The Bertz CT molecular complexity index is 1300. The average Bonchev–Trinajstić information content (AvgIpc) is 3.47. The Balaban J connectivity index is 1.34. The number of nitrogens with one attached hydrogen (secondary N) is 2. The maximum Gasteiger partial charge on any atom is 0.254 e. The molecule has 5 rings (SSSR count). The predicted octanol–water partition coefficient (Wildman–Crippen LogP) is 4.33. The normalized spacial score (nSPS) is 12.3. The highest BCUT2D eigenvalue weighted by molar-refractivity contribution is 7.98. The van der Waals surface area contributed by atoms with Crippen molar-refractivity contribution in [2.24, 2.45) is 0 Å². The molecule has 7 nitrogen and oxygen atoms in total. The van der Waals surface area contributed by atoms with Crippen LogP contribution in [0.25, 0.3) is 11.3 Å². The van der Waals surface area contributed by atoms with E-state index in [-0.39, 0.29) is 12.4 Å². The summed E-state index contributed by atoms with van der Waals surface area (Å²) in [6.07, 6.45) is 1.17. The van der Waals surface area contributed by atoms with E-state index in [9.17, 15) is 4.79 Å². The second-order valence-corrected chi connectivity index (χ2v) is 8.41. The predicted molar refractivity (Wildman–Crippen MR) is 123 cm³/mol. The minimum Gasteiger partial charge on any atom is -0.454 e. The number of hydrogen-bond donors (Lipinski definition) is 2. The maximum absolute atomic E-state index is 12.7. The summed E-state index contributed by atoms with van der Waals surface area (Å²) >= 11 is 1.48. The summed E-state index contributed by atoms with van der Waals surface area (Å²) in [7, 11) is 0. The van der Waals surface area contributed by atoms with Crippen LogP contribution in [0.5, 0.6) is 11.5 Å². The molecule has 0 atom stereocenters. The van der Waals surface area contributed by atoms with Crippen LogP contribution in [-0.4, -0.2) is 27.0 Å². The second kappa shape index (κ2) is 8.92. The molecule has 0 aliphatic carbocycles. The summed E-state index contributed by atoms with van der Waals surface area (Å²) < 4.78 is 10.9. The smallest absolute Gasteiger partial charge is 0.254 e. The minimum atomic E-state index is -0.0877. The molecule has 3 heterocycles. The molecule has 1 aliphatic heterocycles. The number of benzene rings is 2. The quantitative estimate of drug-likeness (QED) is 0.324. The first-order chi connectivity index (χ1) is 15.7. The average molecular weight is 447 g/mol. The van der Waals surface area contributed by atoms with Gasteiger partial charge in [-0.3, -0.25) is 9.89 Å². The number of ether oxygens (including phenoxy) is 2. The molecule has 2 aromatic heterocycles. The van der Waals surface area contributed by atoms with Crippen molar-refractivity contribution in [3.05, 3.63) is 87.5 Å². The summed E-state index contributed by atoms with van der Waals surface area (Å²) in [4.78, 5) is 20.4. The van der Waals surface area contributed by atoms with Gasteiger partial charge in [-0.15, -0.1) is 0 Å². The molecular formula is C24H22N4O3S. The molecule has 2 aromatic carbocycles. The highest BCUT2D eigenvalue weighted by Crippen LogP contribution is 2.33. The van der Waals surface area contributed by atoms with Crippen molar-refractivity contribution in [3.8, 4) is 22.8 Å². The van der Waals surface area contributed by atoms with Gasteiger partial charge in [0.2, 0.25) is 6.79 Å². The zero-order chi connectivity index (χ0) is 21.9. The zero-order valence-electron chi connectivity index (χ0n) is 17.6. The van der Waals surface area contributed by atoms with Crippen molar-refractivity contribution in [2.75, 3.05) is 6.79 Å². The summed E-state index contributed by atoms with van der Waals surface area (Å²) in [6.45, 7) is 2.21. The van der Waals surface area contributed by atoms with Crippen LogP contribution in [0.4, 0.5) is 0 Å². The van der Waals surface area contributed by atoms with Crippen LogP contribution in [0.2, 0.25) is 0 Å². The molecular weight excluding hydrogens is 424 g/mol. The molecule has 0 spiro atoms. The highest BCUT2D eigenvalue weighted by Gasteiger charge is 2.16. The van der Waals surface area contributed by atoms with Crippen molar-refractivity contribution in [2.45, 2.75) is 30.7 Å². The number of thioether (sulfide) groups is 1. The molecule has 32 heavy (non-hydrogen) atoms. The van der Waals surface area contributed by atoms with Gasteiger partial charge in [-0.1, -0.05) is 55.1 Å². The lowest BCUT2D eigenvalue weighted by Crippen LogP contribution is -2.18. The molecule has 2 N–H and O–H groups in total. The number of rotatable bonds is 7. The Morgan fingerprint density at radius 3 is 2.75 bits per heavy atom. The van der Waals surface area contributed by atoms with E-state index in [1.54, 1.807) is 0 Å². The number of aromatic amines is 2. The zero-order valence-corrected chi connectivity index (χ0v) is 18.4. The fourth-order valence-corrected chi connectivity index (χ4v) is 4.46. The first kappa shape index (κ1) is 20.4. The van der Waals surface area contributed by atoms with Crippen molar-refractivity contribution in [1.82, 2.24) is 20.2 Å². The van der Waals surface area contributed by atoms with E-state index in [0.717, 1.165) is 39.7 Å². The van der Waals surface area contributed by atoms with Crippen LogP contribution >= 0.6 is 11.8 Å². The summed E-state index contributed by atoms with van der Waals surface area (Å²) in [5, 5.41) is 8.06. The molecule has 0 bridgehead atoms. The Kier molecular flexibility index (Phi) is 5.68. The summed E-state index contributed by atoms with van der Waals surface area (Å²) in [5.41, 5.74) is 5.35. The van der Waals surface area contributed by atoms with Gasteiger partial charge in [0.15, 0.2) is 16.7 Å². The number of aromatic nitrogens is 4. The largest absolute Gasteiger partial charge is 0.454 e.